The standard InChI is InChI=1S/C23H29ClN4O4S/c1-2-5-21(29)26-17-12-15(6-7-18(17)27-10-3-4-11-27)28-14-16(32-23(28)31)13-25-22(30)19-8-9-20(24)33-19/h6-7,9,12,16,19H,2-5,8,10-11,13-14H2,1H3,(H,25,30)(H,26,29). The molecular formula is C23H29ClN4O4S. The van der Waals surface area contributed by atoms with E-state index in [1.54, 1.807) is 4.90 Å². The van der Waals surface area contributed by atoms with Gasteiger partial charge in [0.1, 0.15) is 6.10 Å². The SMILES string of the molecule is CCCC(=O)Nc1cc(N2CC(CNC(=O)C3CC=C(Cl)S3)OC2=O)ccc1N1CCCC1. The van der Waals surface area contributed by atoms with Crippen molar-refractivity contribution in [3.8, 4) is 0 Å². The summed E-state index contributed by atoms with van der Waals surface area (Å²) in [7, 11) is 0. The summed E-state index contributed by atoms with van der Waals surface area (Å²) < 4.78 is 6.11. The van der Waals surface area contributed by atoms with Crippen LogP contribution in [0, 0.1) is 0 Å². The first-order chi connectivity index (χ1) is 15.9. The van der Waals surface area contributed by atoms with E-state index in [0.29, 0.717) is 35.1 Å². The molecule has 0 aromatic heterocycles. The highest BCUT2D eigenvalue weighted by atomic mass is 35.5. The number of cyclic esters (lactones) is 1. The maximum Gasteiger partial charge on any atom is 0.414 e. The van der Waals surface area contributed by atoms with Gasteiger partial charge in [0.05, 0.1) is 34.1 Å². The van der Waals surface area contributed by atoms with Crippen molar-refractivity contribution in [3.63, 3.8) is 0 Å². The third-order valence-electron chi connectivity index (χ3n) is 5.91. The second-order valence-electron chi connectivity index (χ2n) is 8.41. The second-order valence-corrected chi connectivity index (χ2v) is 10.3. The summed E-state index contributed by atoms with van der Waals surface area (Å²) in [5.74, 6) is -0.156. The molecule has 0 spiro atoms. The van der Waals surface area contributed by atoms with Gasteiger partial charge in [0, 0.05) is 25.2 Å². The summed E-state index contributed by atoms with van der Waals surface area (Å²) in [6.45, 7) is 4.42. The minimum absolute atomic E-state index is 0.0425. The molecule has 4 rings (SSSR count). The molecule has 0 aliphatic carbocycles. The summed E-state index contributed by atoms with van der Waals surface area (Å²) in [6.07, 6.45) is 4.96. The molecule has 2 atom stereocenters. The van der Waals surface area contributed by atoms with Gasteiger partial charge in [-0.05, 0) is 43.9 Å². The van der Waals surface area contributed by atoms with E-state index in [0.717, 1.165) is 38.0 Å². The molecule has 2 N–H and O–H groups in total. The number of halogens is 1. The number of ether oxygens (including phenoxy) is 1. The summed E-state index contributed by atoms with van der Waals surface area (Å²) in [5, 5.41) is 5.64. The Hall–Kier alpha value is -2.39. The molecule has 1 aromatic rings. The van der Waals surface area contributed by atoms with Crippen LogP contribution in [0.15, 0.2) is 28.6 Å². The van der Waals surface area contributed by atoms with E-state index in [1.807, 2.05) is 31.2 Å². The van der Waals surface area contributed by atoms with Crippen molar-refractivity contribution in [2.24, 2.45) is 0 Å². The van der Waals surface area contributed by atoms with E-state index in [2.05, 4.69) is 15.5 Å². The van der Waals surface area contributed by atoms with Crippen LogP contribution in [0.2, 0.25) is 0 Å². The van der Waals surface area contributed by atoms with E-state index < -0.39 is 12.2 Å². The molecule has 8 nitrogen and oxygen atoms in total. The predicted octanol–water partition coefficient (Wildman–Crippen LogP) is 4.05. The van der Waals surface area contributed by atoms with Crippen LogP contribution in [-0.4, -0.2) is 55.4 Å². The van der Waals surface area contributed by atoms with Gasteiger partial charge >= 0.3 is 6.09 Å². The fourth-order valence-electron chi connectivity index (χ4n) is 4.22. The Morgan fingerprint density at radius 2 is 2.06 bits per heavy atom. The Balaban J connectivity index is 1.42. The molecule has 0 bridgehead atoms. The zero-order valence-corrected chi connectivity index (χ0v) is 20.2. The number of amides is 3. The van der Waals surface area contributed by atoms with Gasteiger partial charge in [-0.1, -0.05) is 24.6 Å². The monoisotopic (exact) mass is 492 g/mol. The lowest BCUT2D eigenvalue weighted by molar-refractivity contribution is -0.121. The largest absolute Gasteiger partial charge is 0.442 e. The van der Waals surface area contributed by atoms with Crippen molar-refractivity contribution in [1.82, 2.24) is 5.32 Å². The Kier molecular flexibility index (Phi) is 7.70. The average molecular weight is 493 g/mol. The lowest BCUT2D eigenvalue weighted by Gasteiger charge is -2.24. The number of nitrogens with one attached hydrogen (secondary N) is 2. The minimum Gasteiger partial charge on any atom is -0.442 e. The number of benzene rings is 1. The number of carbonyl (C=O) groups is 3. The van der Waals surface area contributed by atoms with E-state index in [-0.39, 0.29) is 23.6 Å². The maximum atomic E-state index is 12.6. The number of allylic oxidation sites excluding steroid dienone is 1. The van der Waals surface area contributed by atoms with E-state index in [9.17, 15) is 14.4 Å². The first kappa shape index (κ1) is 23.8. The highest BCUT2D eigenvalue weighted by Crippen LogP contribution is 2.36. The molecule has 178 valence electrons. The molecule has 33 heavy (non-hydrogen) atoms. The number of thioether (sulfide) groups is 1. The Bertz CT molecular complexity index is 950. The fraction of sp³-hybridized carbons (Fsp3) is 0.522. The number of hydrogen-bond acceptors (Lipinski definition) is 6. The Morgan fingerprint density at radius 1 is 1.27 bits per heavy atom. The fourth-order valence-corrected chi connectivity index (χ4v) is 5.48. The lowest BCUT2D eigenvalue weighted by Crippen LogP contribution is -2.38. The van der Waals surface area contributed by atoms with Crippen molar-refractivity contribution >= 4 is 58.3 Å². The van der Waals surface area contributed by atoms with Crippen LogP contribution in [0.3, 0.4) is 0 Å². The topological polar surface area (TPSA) is 91.0 Å². The van der Waals surface area contributed by atoms with Crippen LogP contribution in [0.25, 0.3) is 0 Å². The minimum atomic E-state index is -0.464. The van der Waals surface area contributed by atoms with Gasteiger partial charge in [-0.15, -0.1) is 11.8 Å². The number of hydrogen-bond donors (Lipinski definition) is 2. The second kappa shape index (κ2) is 10.7. The van der Waals surface area contributed by atoms with Crippen LogP contribution >= 0.6 is 23.4 Å². The van der Waals surface area contributed by atoms with Gasteiger partial charge in [-0.2, -0.15) is 0 Å². The van der Waals surface area contributed by atoms with Gasteiger partial charge in [0.25, 0.3) is 0 Å². The molecular weight excluding hydrogens is 464 g/mol. The summed E-state index contributed by atoms with van der Waals surface area (Å²) >= 11 is 7.27. The molecule has 2 fully saturated rings. The zero-order valence-electron chi connectivity index (χ0n) is 18.6. The highest BCUT2D eigenvalue weighted by Gasteiger charge is 2.34. The van der Waals surface area contributed by atoms with Gasteiger partial charge < -0.3 is 20.3 Å². The van der Waals surface area contributed by atoms with Crippen LogP contribution in [-0.2, 0) is 14.3 Å². The molecule has 3 aliphatic rings. The number of nitrogens with zero attached hydrogens (tertiary/aromatic N) is 2. The first-order valence-corrected chi connectivity index (χ1v) is 12.7. The third-order valence-corrected chi connectivity index (χ3v) is 7.41. The van der Waals surface area contributed by atoms with Crippen LogP contribution in [0.5, 0.6) is 0 Å². The molecule has 0 saturated carbocycles. The van der Waals surface area contributed by atoms with Gasteiger partial charge in [0.15, 0.2) is 0 Å². The van der Waals surface area contributed by atoms with Crippen molar-refractivity contribution in [3.05, 3.63) is 28.6 Å². The number of carbonyl (C=O) groups excluding carboxylic acids is 3. The molecule has 1 aromatic carbocycles. The van der Waals surface area contributed by atoms with Crippen molar-refractivity contribution in [1.29, 1.82) is 0 Å². The molecule has 2 unspecified atom stereocenters. The molecule has 2 saturated heterocycles. The van der Waals surface area contributed by atoms with E-state index in [4.69, 9.17) is 16.3 Å². The van der Waals surface area contributed by atoms with Gasteiger partial charge in [0.2, 0.25) is 11.8 Å². The Morgan fingerprint density at radius 3 is 2.76 bits per heavy atom. The highest BCUT2D eigenvalue weighted by molar-refractivity contribution is 8.06. The van der Waals surface area contributed by atoms with Crippen LogP contribution in [0.1, 0.15) is 39.0 Å². The van der Waals surface area contributed by atoms with Crippen LogP contribution in [0.4, 0.5) is 21.9 Å². The van der Waals surface area contributed by atoms with E-state index in [1.165, 1.54) is 11.8 Å². The van der Waals surface area contributed by atoms with Crippen LogP contribution < -0.4 is 20.4 Å². The van der Waals surface area contributed by atoms with Crippen molar-refractivity contribution < 1.29 is 19.1 Å². The van der Waals surface area contributed by atoms with Crippen molar-refractivity contribution in [2.75, 3.05) is 41.3 Å². The average Bonchev–Trinajstić information content (AvgIpc) is 3.54. The van der Waals surface area contributed by atoms with Gasteiger partial charge in [-0.25, -0.2) is 4.79 Å². The molecule has 0 radical (unpaired) electrons. The first-order valence-electron chi connectivity index (χ1n) is 11.4. The summed E-state index contributed by atoms with van der Waals surface area (Å²) in [6, 6.07) is 5.68. The third kappa shape index (κ3) is 5.76. The summed E-state index contributed by atoms with van der Waals surface area (Å²) in [5.41, 5.74) is 2.34. The Labute approximate surface area is 203 Å². The quantitative estimate of drug-likeness (QED) is 0.569. The normalized spacial score (nSPS) is 22.4. The van der Waals surface area contributed by atoms with E-state index >= 15 is 0 Å². The molecule has 10 heteroatoms. The molecule has 3 aliphatic heterocycles. The van der Waals surface area contributed by atoms with Gasteiger partial charge in [-0.3, -0.25) is 14.5 Å². The predicted molar refractivity (Wildman–Crippen MR) is 132 cm³/mol. The molecule has 3 heterocycles. The number of rotatable bonds is 8. The maximum absolute atomic E-state index is 12.6. The van der Waals surface area contributed by atoms with Crippen molar-refractivity contribution in [2.45, 2.75) is 50.4 Å². The zero-order chi connectivity index (χ0) is 23.4. The number of anilines is 3. The summed E-state index contributed by atoms with van der Waals surface area (Å²) in [4.78, 5) is 41.0. The lowest BCUT2D eigenvalue weighted by atomic mass is 10.2. The smallest absolute Gasteiger partial charge is 0.414 e. The molecule has 3 amide bonds.